The van der Waals surface area contributed by atoms with Crippen LogP contribution in [0.15, 0.2) is 63.2 Å². The Kier molecular flexibility index (Phi) is 6.83. The zero-order chi connectivity index (χ0) is 19.9. The van der Waals surface area contributed by atoms with E-state index in [9.17, 15) is 9.59 Å². The number of halogens is 1. The van der Waals surface area contributed by atoms with Crippen LogP contribution in [-0.4, -0.2) is 33.6 Å². The first-order valence-electron chi connectivity index (χ1n) is 8.28. The fourth-order valence-corrected chi connectivity index (χ4v) is 3.53. The van der Waals surface area contributed by atoms with Gasteiger partial charge in [0.2, 0.25) is 5.91 Å². The number of ether oxygens (including phenoxy) is 1. The van der Waals surface area contributed by atoms with Gasteiger partial charge in [-0.3, -0.25) is 9.59 Å². The van der Waals surface area contributed by atoms with Gasteiger partial charge >= 0.3 is 5.97 Å². The van der Waals surface area contributed by atoms with Crippen molar-refractivity contribution in [2.45, 2.75) is 18.3 Å². The lowest BCUT2D eigenvalue weighted by atomic mass is 10.2. The van der Waals surface area contributed by atoms with Crippen molar-refractivity contribution in [3.63, 3.8) is 0 Å². The molecule has 0 bridgehead atoms. The Labute approximate surface area is 174 Å². The summed E-state index contributed by atoms with van der Waals surface area (Å²) in [4.78, 5) is 22.4. The summed E-state index contributed by atoms with van der Waals surface area (Å²) in [5.41, 5.74) is 1.77. The fourth-order valence-electron chi connectivity index (χ4n) is 2.35. The number of carboxylic acids is 1. The summed E-state index contributed by atoms with van der Waals surface area (Å²) in [6, 6.07) is 15.2. The lowest BCUT2D eigenvalue weighted by Crippen LogP contribution is -2.26. The van der Waals surface area contributed by atoms with Gasteiger partial charge in [0.25, 0.3) is 0 Å². The molecule has 1 aliphatic heterocycles. The molecule has 1 heterocycles. The normalized spacial score (nSPS) is 17.8. The maximum Gasteiger partial charge on any atom is 0.305 e. The average Bonchev–Trinajstić information content (AvgIpc) is 3.01. The molecular weight excluding hydrogens is 446 g/mol. The number of thioether (sulfide) groups is 1. The minimum absolute atomic E-state index is 0.258. The number of rotatable bonds is 7. The maximum absolute atomic E-state index is 11.7. The van der Waals surface area contributed by atoms with E-state index in [0.717, 1.165) is 27.4 Å². The quantitative estimate of drug-likeness (QED) is 0.485. The number of amides is 1. The highest BCUT2D eigenvalue weighted by molar-refractivity contribution is 9.10. The highest BCUT2D eigenvalue weighted by Crippen LogP contribution is 2.23. The van der Waals surface area contributed by atoms with E-state index in [4.69, 9.17) is 9.84 Å². The molecule has 1 atom stereocenters. The van der Waals surface area contributed by atoms with Crippen LogP contribution in [0.3, 0.4) is 0 Å². The molecule has 1 aliphatic rings. The Morgan fingerprint density at radius 2 is 2.00 bits per heavy atom. The summed E-state index contributed by atoms with van der Waals surface area (Å²) < 4.78 is 6.87. The predicted molar refractivity (Wildman–Crippen MR) is 112 cm³/mol. The number of amidine groups is 1. The second-order valence-electron chi connectivity index (χ2n) is 5.80. The second-order valence-corrected chi connectivity index (χ2v) is 7.90. The number of hydrogen-bond donors (Lipinski definition) is 2. The lowest BCUT2D eigenvalue weighted by Gasteiger charge is -2.08. The molecule has 28 heavy (non-hydrogen) atoms. The molecular formula is C19H16BrN3O4S. The van der Waals surface area contributed by atoms with E-state index in [1.54, 1.807) is 0 Å². The van der Waals surface area contributed by atoms with Crippen LogP contribution in [0.1, 0.15) is 17.5 Å². The summed E-state index contributed by atoms with van der Waals surface area (Å²) in [7, 11) is 0. The number of nitrogens with zero attached hydrogens (tertiary/aromatic N) is 2. The third kappa shape index (κ3) is 5.67. The largest absolute Gasteiger partial charge is 0.488 e. The fraction of sp³-hybridized carbons (Fsp3) is 0.158. The zero-order valence-electron chi connectivity index (χ0n) is 14.5. The summed E-state index contributed by atoms with van der Waals surface area (Å²) in [5.74, 6) is -0.755. The van der Waals surface area contributed by atoms with Crippen molar-refractivity contribution in [3.05, 3.63) is 64.1 Å². The first kappa shape index (κ1) is 20.1. The van der Waals surface area contributed by atoms with Crippen LogP contribution in [0.4, 0.5) is 0 Å². The summed E-state index contributed by atoms with van der Waals surface area (Å²) in [6.45, 7) is 0.412. The lowest BCUT2D eigenvalue weighted by molar-refractivity contribution is -0.138. The van der Waals surface area contributed by atoms with Crippen LogP contribution in [0.5, 0.6) is 5.75 Å². The molecule has 9 heteroatoms. The highest BCUT2D eigenvalue weighted by atomic mass is 79.9. The molecule has 1 amide bonds. The number of aliphatic carboxylic acids is 1. The van der Waals surface area contributed by atoms with Gasteiger partial charge in [-0.25, -0.2) is 0 Å². The van der Waals surface area contributed by atoms with Gasteiger partial charge in [-0.1, -0.05) is 52.0 Å². The molecule has 144 valence electrons. The third-order valence-electron chi connectivity index (χ3n) is 3.71. The minimum atomic E-state index is -1.03. The Balaban J connectivity index is 1.63. The van der Waals surface area contributed by atoms with Gasteiger partial charge in [-0.05, 0) is 29.8 Å². The monoisotopic (exact) mass is 461 g/mol. The van der Waals surface area contributed by atoms with Crippen molar-refractivity contribution < 1.29 is 19.4 Å². The van der Waals surface area contributed by atoms with Crippen LogP contribution < -0.4 is 10.1 Å². The molecule has 0 saturated carbocycles. The van der Waals surface area contributed by atoms with Crippen molar-refractivity contribution in [1.82, 2.24) is 5.32 Å². The topological polar surface area (TPSA) is 100 Å². The number of nitrogens with one attached hydrogen (secondary N) is 1. The van der Waals surface area contributed by atoms with E-state index in [1.165, 1.54) is 6.21 Å². The van der Waals surface area contributed by atoms with E-state index in [2.05, 4.69) is 31.4 Å². The molecule has 1 fully saturated rings. The molecule has 0 aromatic heterocycles. The van der Waals surface area contributed by atoms with Crippen LogP contribution in [0.25, 0.3) is 0 Å². The van der Waals surface area contributed by atoms with Gasteiger partial charge in [0, 0.05) is 10.0 Å². The molecule has 1 saturated heterocycles. The van der Waals surface area contributed by atoms with Gasteiger partial charge in [-0.2, -0.15) is 5.10 Å². The van der Waals surface area contributed by atoms with Crippen molar-refractivity contribution in [2.75, 3.05) is 0 Å². The molecule has 2 N–H and O–H groups in total. The summed E-state index contributed by atoms with van der Waals surface area (Å²) in [6.07, 6.45) is 1.27. The molecule has 0 radical (unpaired) electrons. The first-order chi connectivity index (χ1) is 13.5. The Bertz CT molecular complexity index is 931. The summed E-state index contributed by atoms with van der Waals surface area (Å²) in [5, 5.41) is 18.9. The van der Waals surface area contributed by atoms with E-state index in [0.29, 0.717) is 12.4 Å². The van der Waals surface area contributed by atoms with Crippen LogP contribution >= 0.6 is 27.7 Å². The van der Waals surface area contributed by atoms with E-state index in [1.807, 2.05) is 48.5 Å². The molecule has 0 unspecified atom stereocenters. The number of para-hydroxylation sites is 1. The molecule has 7 nitrogen and oxygen atoms in total. The van der Waals surface area contributed by atoms with Crippen molar-refractivity contribution in [1.29, 1.82) is 0 Å². The molecule has 0 aliphatic carbocycles. The molecule has 2 aromatic carbocycles. The van der Waals surface area contributed by atoms with E-state index < -0.39 is 11.2 Å². The average molecular weight is 462 g/mol. The number of carbonyl (C=O) groups excluding carboxylic acids is 1. The Morgan fingerprint density at radius 1 is 1.25 bits per heavy atom. The predicted octanol–water partition coefficient (Wildman–Crippen LogP) is 3.42. The zero-order valence-corrected chi connectivity index (χ0v) is 16.9. The van der Waals surface area contributed by atoms with Crippen molar-refractivity contribution in [3.8, 4) is 5.75 Å². The number of carboxylic acid groups (broad SMARTS) is 1. The van der Waals surface area contributed by atoms with Gasteiger partial charge < -0.3 is 15.2 Å². The van der Waals surface area contributed by atoms with Crippen LogP contribution in [0, 0.1) is 0 Å². The Hall–Kier alpha value is -2.65. The first-order valence-corrected chi connectivity index (χ1v) is 9.95. The Morgan fingerprint density at radius 3 is 2.75 bits per heavy atom. The van der Waals surface area contributed by atoms with Gasteiger partial charge in [0.15, 0.2) is 5.17 Å². The maximum atomic E-state index is 11.7. The van der Waals surface area contributed by atoms with Crippen LogP contribution in [0.2, 0.25) is 0 Å². The molecule has 0 spiro atoms. The third-order valence-corrected chi connectivity index (χ3v) is 5.31. The van der Waals surface area contributed by atoms with Gasteiger partial charge in [0.05, 0.1) is 12.6 Å². The number of carbonyl (C=O) groups is 2. The minimum Gasteiger partial charge on any atom is -0.488 e. The SMILES string of the molecule is O=C(O)C[C@@H]1S/C(=N\N=C/c2ccccc2OCc2ccc(Br)cc2)NC1=O. The molecule has 3 rings (SSSR count). The number of hydrogen-bond acceptors (Lipinski definition) is 6. The number of benzene rings is 2. The second kappa shape index (κ2) is 9.52. The van der Waals surface area contributed by atoms with E-state index in [-0.39, 0.29) is 17.5 Å². The van der Waals surface area contributed by atoms with E-state index >= 15 is 0 Å². The highest BCUT2D eigenvalue weighted by Gasteiger charge is 2.32. The van der Waals surface area contributed by atoms with Crippen molar-refractivity contribution in [2.24, 2.45) is 10.2 Å². The smallest absolute Gasteiger partial charge is 0.305 e. The standard InChI is InChI=1S/C19H16BrN3O4S/c20-14-7-5-12(6-8-14)11-27-15-4-2-1-3-13(15)10-21-23-19-22-18(26)16(28-19)9-17(24)25/h1-8,10,16H,9,11H2,(H,24,25)(H,22,23,26)/b21-10-/t16-/m0/s1. The molecule has 2 aromatic rings. The van der Waals surface area contributed by atoms with Crippen molar-refractivity contribution >= 4 is 51.0 Å². The van der Waals surface area contributed by atoms with Gasteiger partial charge in [0.1, 0.15) is 17.6 Å². The summed E-state index contributed by atoms with van der Waals surface area (Å²) >= 11 is 4.46. The van der Waals surface area contributed by atoms with Crippen LogP contribution in [-0.2, 0) is 16.2 Å². The van der Waals surface area contributed by atoms with Gasteiger partial charge in [-0.15, -0.1) is 5.10 Å².